The quantitative estimate of drug-likeness (QED) is 0.627. The number of aromatic nitrogens is 1. The van der Waals surface area contributed by atoms with E-state index in [9.17, 15) is 13.6 Å². The van der Waals surface area contributed by atoms with Crippen LogP contribution in [0.25, 0.3) is 10.6 Å². The Bertz CT molecular complexity index is 960. The summed E-state index contributed by atoms with van der Waals surface area (Å²) in [6.45, 7) is 0.318. The summed E-state index contributed by atoms with van der Waals surface area (Å²) in [7, 11) is 0. The number of rotatable bonds is 5. The lowest BCUT2D eigenvalue weighted by Crippen LogP contribution is -2.31. The van der Waals surface area contributed by atoms with Crippen molar-refractivity contribution in [3.05, 3.63) is 76.8 Å². The van der Waals surface area contributed by atoms with Crippen molar-refractivity contribution in [2.75, 3.05) is 6.54 Å². The molecule has 0 bridgehead atoms. The number of carbonyl (C=O) groups excluding carboxylic acids is 1. The Labute approximate surface area is 153 Å². The van der Waals surface area contributed by atoms with Gasteiger partial charge in [-0.15, -0.1) is 17.8 Å². The third kappa shape index (κ3) is 3.95. The van der Waals surface area contributed by atoms with E-state index in [0.717, 1.165) is 5.56 Å². The van der Waals surface area contributed by atoms with Crippen LogP contribution in [0.5, 0.6) is 0 Å². The summed E-state index contributed by atoms with van der Waals surface area (Å²) in [5, 5.41) is 2.01. The molecule has 0 unspecified atom stereocenters. The van der Waals surface area contributed by atoms with Crippen molar-refractivity contribution < 1.29 is 13.6 Å². The molecule has 0 saturated carbocycles. The van der Waals surface area contributed by atoms with Crippen LogP contribution in [-0.4, -0.2) is 22.3 Å². The summed E-state index contributed by atoms with van der Waals surface area (Å²) < 4.78 is 26.9. The second-order valence-corrected chi connectivity index (χ2v) is 6.37. The van der Waals surface area contributed by atoms with Gasteiger partial charge in [-0.1, -0.05) is 30.2 Å². The van der Waals surface area contributed by atoms with E-state index in [1.165, 1.54) is 34.4 Å². The number of amides is 1. The monoisotopic (exact) mass is 368 g/mol. The molecule has 0 N–H and O–H groups in total. The van der Waals surface area contributed by atoms with Gasteiger partial charge < -0.3 is 4.90 Å². The van der Waals surface area contributed by atoms with Crippen molar-refractivity contribution in [3.8, 4) is 22.9 Å². The minimum Gasteiger partial charge on any atom is -0.322 e. The zero-order chi connectivity index (χ0) is 18.5. The smallest absolute Gasteiger partial charge is 0.274 e. The van der Waals surface area contributed by atoms with Gasteiger partial charge in [-0.3, -0.25) is 4.79 Å². The molecule has 0 spiro atoms. The molecule has 130 valence electrons. The number of hydrogen-bond acceptors (Lipinski definition) is 3. The molecule has 0 aliphatic carbocycles. The van der Waals surface area contributed by atoms with E-state index in [2.05, 4.69) is 10.9 Å². The second-order valence-electron chi connectivity index (χ2n) is 5.51. The third-order valence-electron chi connectivity index (χ3n) is 3.68. The summed E-state index contributed by atoms with van der Waals surface area (Å²) in [6, 6.07) is 12.1. The van der Waals surface area contributed by atoms with Gasteiger partial charge >= 0.3 is 0 Å². The molecule has 1 amide bonds. The molecule has 6 heteroatoms. The molecule has 2 aromatic carbocycles. The summed E-state index contributed by atoms with van der Waals surface area (Å²) >= 11 is 1.19. The average molecular weight is 368 g/mol. The maximum absolute atomic E-state index is 13.9. The highest BCUT2D eigenvalue weighted by Gasteiger charge is 2.20. The highest BCUT2D eigenvalue weighted by atomic mass is 32.1. The first-order valence-electron chi connectivity index (χ1n) is 7.76. The number of hydrogen-bond donors (Lipinski definition) is 0. The first kappa shape index (κ1) is 17.8. The highest BCUT2D eigenvalue weighted by Crippen LogP contribution is 2.26. The van der Waals surface area contributed by atoms with Crippen molar-refractivity contribution in [1.82, 2.24) is 9.88 Å². The SMILES string of the molecule is C#CCN(Cc1ccc(F)cc1)C(=O)c1csc(-c2ccccc2F)n1. The number of terminal acetylenes is 1. The molecule has 3 aromatic rings. The molecule has 0 saturated heterocycles. The van der Waals surface area contributed by atoms with E-state index >= 15 is 0 Å². The predicted octanol–water partition coefficient (Wildman–Crippen LogP) is 4.36. The second kappa shape index (κ2) is 7.89. The van der Waals surface area contributed by atoms with Crippen LogP contribution < -0.4 is 0 Å². The molecule has 26 heavy (non-hydrogen) atoms. The molecule has 0 aliphatic rings. The fraction of sp³-hybridized carbons (Fsp3) is 0.100. The lowest BCUT2D eigenvalue weighted by Gasteiger charge is -2.19. The number of benzene rings is 2. The minimum atomic E-state index is -0.396. The van der Waals surface area contributed by atoms with Crippen LogP contribution in [0.3, 0.4) is 0 Å². The van der Waals surface area contributed by atoms with Crippen molar-refractivity contribution >= 4 is 17.2 Å². The molecule has 0 atom stereocenters. The van der Waals surface area contributed by atoms with Gasteiger partial charge in [0.05, 0.1) is 6.54 Å². The fourth-order valence-corrected chi connectivity index (χ4v) is 3.23. The molecule has 1 aromatic heterocycles. The number of carbonyl (C=O) groups is 1. The van der Waals surface area contributed by atoms with E-state index < -0.39 is 5.82 Å². The van der Waals surface area contributed by atoms with Crippen molar-refractivity contribution in [1.29, 1.82) is 0 Å². The normalized spacial score (nSPS) is 10.3. The Hall–Kier alpha value is -3.04. The van der Waals surface area contributed by atoms with Crippen molar-refractivity contribution in [2.24, 2.45) is 0 Å². The van der Waals surface area contributed by atoms with Gasteiger partial charge in [-0.2, -0.15) is 0 Å². The molecular weight excluding hydrogens is 354 g/mol. The van der Waals surface area contributed by atoms with Crippen LogP contribution >= 0.6 is 11.3 Å². The van der Waals surface area contributed by atoms with Crippen molar-refractivity contribution in [3.63, 3.8) is 0 Å². The summed E-state index contributed by atoms with van der Waals surface area (Å²) in [5.74, 6) is 1.34. The summed E-state index contributed by atoms with van der Waals surface area (Å²) in [5.41, 5.74) is 1.30. The topological polar surface area (TPSA) is 33.2 Å². The molecule has 1 heterocycles. The molecule has 0 fully saturated rings. The molecule has 0 radical (unpaired) electrons. The Morgan fingerprint density at radius 3 is 2.58 bits per heavy atom. The van der Waals surface area contributed by atoms with Crippen LogP contribution in [0.2, 0.25) is 0 Å². The Morgan fingerprint density at radius 1 is 1.15 bits per heavy atom. The standard InChI is InChI=1S/C20H14F2N2OS/c1-2-11-24(12-14-7-9-15(21)10-8-14)20(25)18-13-26-19(23-18)16-5-3-4-6-17(16)22/h1,3-10,13H,11-12H2. The Kier molecular flexibility index (Phi) is 5.40. The van der Waals surface area contributed by atoms with Crippen molar-refractivity contribution in [2.45, 2.75) is 6.54 Å². The van der Waals surface area contributed by atoms with Gasteiger partial charge in [0.1, 0.15) is 22.3 Å². The minimum absolute atomic E-state index is 0.0861. The molecule has 3 nitrogen and oxygen atoms in total. The van der Waals surface area contributed by atoms with E-state index in [4.69, 9.17) is 6.42 Å². The lowest BCUT2D eigenvalue weighted by molar-refractivity contribution is 0.0761. The van der Waals surface area contributed by atoms with Crippen LogP contribution in [0, 0.1) is 24.0 Å². The highest BCUT2D eigenvalue weighted by molar-refractivity contribution is 7.13. The largest absolute Gasteiger partial charge is 0.322 e. The van der Waals surface area contributed by atoms with E-state index in [1.807, 2.05) is 0 Å². The zero-order valence-electron chi connectivity index (χ0n) is 13.7. The van der Waals surface area contributed by atoms with E-state index in [1.54, 1.807) is 35.7 Å². The van der Waals surface area contributed by atoms with Crippen LogP contribution in [0.15, 0.2) is 53.9 Å². The molecular formula is C20H14F2N2OS. The predicted molar refractivity (Wildman–Crippen MR) is 97.5 cm³/mol. The average Bonchev–Trinajstić information content (AvgIpc) is 3.13. The fourth-order valence-electron chi connectivity index (χ4n) is 2.41. The van der Waals surface area contributed by atoms with Gasteiger partial charge in [0.15, 0.2) is 0 Å². The van der Waals surface area contributed by atoms with Gasteiger partial charge in [-0.25, -0.2) is 13.8 Å². The maximum Gasteiger partial charge on any atom is 0.274 e. The first-order chi connectivity index (χ1) is 12.6. The van der Waals surface area contributed by atoms with Gasteiger partial charge in [0.2, 0.25) is 0 Å². The summed E-state index contributed by atoms with van der Waals surface area (Å²) in [4.78, 5) is 18.4. The Balaban J connectivity index is 1.83. The lowest BCUT2D eigenvalue weighted by atomic mass is 10.2. The zero-order valence-corrected chi connectivity index (χ0v) is 14.5. The van der Waals surface area contributed by atoms with Crippen LogP contribution in [-0.2, 0) is 6.54 Å². The van der Waals surface area contributed by atoms with Gasteiger partial charge in [0.25, 0.3) is 5.91 Å². The maximum atomic E-state index is 13.9. The van der Waals surface area contributed by atoms with Gasteiger partial charge in [0, 0.05) is 17.5 Å². The first-order valence-corrected chi connectivity index (χ1v) is 8.64. The van der Waals surface area contributed by atoms with E-state index in [0.29, 0.717) is 10.6 Å². The van der Waals surface area contributed by atoms with Crippen LogP contribution in [0.1, 0.15) is 16.1 Å². The third-order valence-corrected chi connectivity index (χ3v) is 4.56. The Morgan fingerprint density at radius 2 is 1.88 bits per heavy atom. The number of nitrogens with zero attached hydrogens (tertiary/aromatic N) is 2. The molecule has 3 rings (SSSR count). The van der Waals surface area contributed by atoms with Gasteiger partial charge in [-0.05, 0) is 29.8 Å². The van der Waals surface area contributed by atoms with Crippen LogP contribution in [0.4, 0.5) is 8.78 Å². The number of halogens is 2. The summed E-state index contributed by atoms with van der Waals surface area (Å²) in [6.07, 6.45) is 5.37. The molecule has 0 aliphatic heterocycles. The van der Waals surface area contributed by atoms with E-state index in [-0.39, 0.29) is 30.5 Å². The number of thiazole rings is 1.